The van der Waals surface area contributed by atoms with Crippen molar-refractivity contribution in [3.8, 4) is 0 Å². The summed E-state index contributed by atoms with van der Waals surface area (Å²) in [6.45, 7) is 0.839. The number of hydrogen-bond donors (Lipinski definition) is 0. The van der Waals surface area contributed by atoms with E-state index in [0.717, 1.165) is 34.1 Å². The zero-order valence-corrected chi connectivity index (χ0v) is 10.2. The van der Waals surface area contributed by atoms with E-state index in [1.165, 1.54) is 0 Å². The second-order valence-electron chi connectivity index (χ2n) is 3.63. The van der Waals surface area contributed by atoms with Gasteiger partial charge in [0.1, 0.15) is 17.3 Å². The maximum absolute atomic E-state index is 5.57. The summed E-state index contributed by atoms with van der Waals surface area (Å²) >= 11 is 2.24. The Morgan fingerprint density at radius 1 is 1.47 bits per heavy atom. The summed E-state index contributed by atoms with van der Waals surface area (Å²) in [7, 11) is 0. The van der Waals surface area contributed by atoms with E-state index >= 15 is 0 Å². The van der Waals surface area contributed by atoms with Gasteiger partial charge in [0.05, 0.1) is 6.20 Å². The lowest BCUT2D eigenvalue weighted by Gasteiger charge is -2.07. The molecule has 3 rings (SSSR count). The van der Waals surface area contributed by atoms with Crippen molar-refractivity contribution in [1.82, 2.24) is 14.8 Å². The van der Waals surface area contributed by atoms with Crippen LogP contribution >= 0.6 is 22.6 Å². The van der Waals surface area contributed by atoms with Crippen LogP contribution in [0.25, 0.3) is 11.0 Å². The minimum Gasteiger partial charge on any atom is -0.357 e. The molecule has 0 aromatic carbocycles. The number of ether oxygens (including phenoxy) is 1. The number of hydrogen-bond acceptors (Lipinski definition) is 3. The molecule has 2 aromatic rings. The minimum absolute atomic E-state index is 0.108. The molecular formula is C10H10IN3O. The van der Waals surface area contributed by atoms with Crippen LogP contribution in [0.4, 0.5) is 0 Å². The second-order valence-corrected chi connectivity index (χ2v) is 4.88. The molecule has 2 aromatic heterocycles. The first-order valence-electron chi connectivity index (χ1n) is 4.95. The molecule has 0 bridgehead atoms. The molecule has 0 saturated carbocycles. The second kappa shape index (κ2) is 3.71. The van der Waals surface area contributed by atoms with Crippen LogP contribution in [0.3, 0.4) is 0 Å². The molecule has 78 valence electrons. The molecular weight excluding hydrogens is 305 g/mol. The fourth-order valence-corrected chi connectivity index (χ4v) is 2.25. The number of nitrogens with zero attached hydrogens (tertiary/aromatic N) is 3. The van der Waals surface area contributed by atoms with Crippen molar-refractivity contribution < 1.29 is 4.74 Å². The highest BCUT2D eigenvalue weighted by Crippen LogP contribution is 2.24. The summed E-state index contributed by atoms with van der Waals surface area (Å²) in [4.78, 5) is 4.33. The van der Waals surface area contributed by atoms with Crippen molar-refractivity contribution in [2.75, 3.05) is 6.61 Å². The van der Waals surface area contributed by atoms with Crippen molar-refractivity contribution in [2.45, 2.75) is 19.1 Å². The first-order valence-corrected chi connectivity index (χ1v) is 6.03. The number of aromatic nitrogens is 3. The van der Waals surface area contributed by atoms with Crippen LogP contribution in [0.15, 0.2) is 18.5 Å². The van der Waals surface area contributed by atoms with Gasteiger partial charge < -0.3 is 4.74 Å². The van der Waals surface area contributed by atoms with E-state index < -0.39 is 0 Å². The molecule has 1 aliphatic rings. The number of pyridine rings is 1. The Kier molecular flexibility index (Phi) is 2.36. The van der Waals surface area contributed by atoms with Crippen LogP contribution in [0.2, 0.25) is 0 Å². The lowest BCUT2D eigenvalue weighted by Crippen LogP contribution is -2.07. The quantitative estimate of drug-likeness (QED) is 0.759. The van der Waals surface area contributed by atoms with E-state index in [1.54, 1.807) is 0 Å². The van der Waals surface area contributed by atoms with Crippen LogP contribution in [0, 0.1) is 3.57 Å². The van der Waals surface area contributed by atoms with Crippen LogP contribution in [-0.4, -0.2) is 21.4 Å². The average Bonchev–Trinajstić information content (AvgIpc) is 2.84. The molecule has 15 heavy (non-hydrogen) atoms. The minimum atomic E-state index is 0.108. The fraction of sp³-hybridized carbons (Fsp3) is 0.400. The predicted octanol–water partition coefficient (Wildman–Crippen LogP) is 2.34. The van der Waals surface area contributed by atoms with Crippen LogP contribution in [-0.2, 0) is 4.74 Å². The molecule has 1 aliphatic heterocycles. The largest absolute Gasteiger partial charge is 0.357 e. The fourth-order valence-electron chi connectivity index (χ4n) is 1.81. The zero-order chi connectivity index (χ0) is 10.3. The summed E-state index contributed by atoms with van der Waals surface area (Å²) in [5.41, 5.74) is 1.88. The molecule has 0 spiro atoms. The molecule has 1 fully saturated rings. The molecule has 1 atom stereocenters. The maximum atomic E-state index is 5.57. The SMILES string of the molecule is Ic1cnc2cn(C3CCCO3)nc2c1. The Hall–Kier alpha value is -0.690. The topological polar surface area (TPSA) is 39.9 Å². The maximum Gasteiger partial charge on any atom is 0.150 e. The molecule has 1 unspecified atom stereocenters. The standard InChI is InChI=1S/C10H10IN3O/c11-7-4-8-9(12-5-7)6-14(13-8)10-2-1-3-15-10/h4-6,10H,1-3H2. The Labute approximate surface area is 101 Å². The molecule has 0 N–H and O–H groups in total. The highest BCUT2D eigenvalue weighted by Gasteiger charge is 2.18. The third kappa shape index (κ3) is 1.74. The average molecular weight is 315 g/mol. The number of rotatable bonds is 1. The Morgan fingerprint density at radius 2 is 2.40 bits per heavy atom. The normalized spacial score (nSPS) is 21.3. The Morgan fingerprint density at radius 3 is 3.20 bits per heavy atom. The van der Waals surface area contributed by atoms with Gasteiger partial charge in [0, 0.05) is 16.4 Å². The predicted molar refractivity (Wildman–Crippen MR) is 64.5 cm³/mol. The van der Waals surface area contributed by atoms with Gasteiger partial charge in [-0.05, 0) is 41.5 Å². The molecule has 0 aliphatic carbocycles. The Bertz CT molecular complexity index is 490. The zero-order valence-electron chi connectivity index (χ0n) is 8.06. The van der Waals surface area contributed by atoms with Gasteiger partial charge in [-0.25, -0.2) is 4.68 Å². The highest BCUT2D eigenvalue weighted by atomic mass is 127. The van der Waals surface area contributed by atoms with E-state index in [9.17, 15) is 0 Å². The molecule has 1 saturated heterocycles. The molecule has 3 heterocycles. The van der Waals surface area contributed by atoms with Crippen molar-refractivity contribution in [2.24, 2.45) is 0 Å². The van der Waals surface area contributed by atoms with Gasteiger partial charge in [0.2, 0.25) is 0 Å². The molecule has 0 radical (unpaired) electrons. The summed E-state index contributed by atoms with van der Waals surface area (Å²) in [6.07, 6.45) is 6.08. The van der Waals surface area contributed by atoms with Crippen molar-refractivity contribution in [3.05, 3.63) is 22.0 Å². The van der Waals surface area contributed by atoms with E-state index in [-0.39, 0.29) is 6.23 Å². The highest BCUT2D eigenvalue weighted by molar-refractivity contribution is 14.1. The third-order valence-electron chi connectivity index (χ3n) is 2.54. The molecule has 0 amide bonds. The van der Waals surface area contributed by atoms with Gasteiger partial charge >= 0.3 is 0 Å². The summed E-state index contributed by atoms with van der Waals surface area (Å²) in [6, 6.07) is 2.04. The van der Waals surface area contributed by atoms with E-state index in [4.69, 9.17) is 4.74 Å². The van der Waals surface area contributed by atoms with Gasteiger partial charge in [-0.3, -0.25) is 4.98 Å². The number of halogens is 1. The molecule has 4 nitrogen and oxygen atoms in total. The van der Waals surface area contributed by atoms with Crippen molar-refractivity contribution in [3.63, 3.8) is 0 Å². The van der Waals surface area contributed by atoms with E-state index in [0.29, 0.717) is 0 Å². The smallest absolute Gasteiger partial charge is 0.150 e. The monoisotopic (exact) mass is 315 g/mol. The van der Waals surface area contributed by atoms with Gasteiger partial charge in [0.25, 0.3) is 0 Å². The number of fused-ring (bicyclic) bond motifs is 1. The first-order chi connectivity index (χ1) is 7.33. The van der Waals surface area contributed by atoms with Crippen LogP contribution in [0.5, 0.6) is 0 Å². The van der Waals surface area contributed by atoms with Gasteiger partial charge in [-0.1, -0.05) is 0 Å². The van der Waals surface area contributed by atoms with E-state index in [2.05, 4.69) is 32.7 Å². The van der Waals surface area contributed by atoms with E-state index in [1.807, 2.05) is 23.1 Å². The van der Waals surface area contributed by atoms with Crippen molar-refractivity contribution in [1.29, 1.82) is 0 Å². The summed E-state index contributed by atoms with van der Waals surface area (Å²) in [5, 5.41) is 4.48. The summed E-state index contributed by atoms with van der Waals surface area (Å²) < 4.78 is 8.57. The van der Waals surface area contributed by atoms with Gasteiger partial charge in [-0.15, -0.1) is 0 Å². The lowest BCUT2D eigenvalue weighted by molar-refractivity contribution is 0.0473. The Balaban J connectivity index is 2.05. The lowest BCUT2D eigenvalue weighted by atomic mass is 10.3. The van der Waals surface area contributed by atoms with Crippen LogP contribution in [0.1, 0.15) is 19.1 Å². The van der Waals surface area contributed by atoms with Crippen LogP contribution < -0.4 is 0 Å². The molecule has 5 heteroatoms. The third-order valence-corrected chi connectivity index (χ3v) is 3.13. The van der Waals surface area contributed by atoms with Crippen molar-refractivity contribution >= 4 is 33.6 Å². The van der Waals surface area contributed by atoms with Gasteiger partial charge in [-0.2, -0.15) is 5.10 Å². The first kappa shape index (κ1) is 9.53. The summed E-state index contributed by atoms with van der Waals surface area (Å²) in [5.74, 6) is 0. The van der Waals surface area contributed by atoms with Gasteiger partial charge in [0.15, 0.2) is 0 Å².